The van der Waals surface area contributed by atoms with Crippen LogP contribution in [0.3, 0.4) is 0 Å². The lowest BCUT2D eigenvalue weighted by Crippen LogP contribution is -2.31. The molecule has 6 nitrogen and oxygen atoms in total. The van der Waals surface area contributed by atoms with Crippen molar-refractivity contribution >= 4 is 23.5 Å². The van der Waals surface area contributed by atoms with E-state index in [-0.39, 0.29) is 30.3 Å². The quantitative estimate of drug-likeness (QED) is 0.733. The predicted molar refractivity (Wildman–Crippen MR) is 103 cm³/mol. The Morgan fingerprint density at radius 2 is 1.70 bits per heavy atom. The van der Waals surface area contributed by atoms with Gasteiger partial charge in [0.2, 0.25) is 5.91 Å². The Labute approximate surface area is 158 Å². The fourth-order valence-electron chi connectivity index (χ4n) is 2.60. The van der Waals surface area contributed by atoms with E-state index in [1.54, 1.807) is 38.1 Å². The molecule has 0 aliphatic rings. The molecule has 0 heterocycles. The average molecular weight is 368 g/mol. The Morgan fingerprint density at radius 3 is 2.33 bits per heavy atom. The number of hydrogen-bond donors (Lipinski definition) is 2. The van der Waals surface area contributed by atoms with Gasteiger partial charge in [-0.2, -0.15) is 0 Å². The van der Waals surface area contributed by atoms with Gasteiger partial charge in [-0.05, 0) is 37.6 Å². The van der Waals surface area contributed by atoms with Gasteiger partial charge < -0.3 is 15.4 Å². The van der Waals surface area contributed by atoms with Crippen molar-refractivity contribution in [3.8, 4) is 0 Å². The number of nitrogens with one attached hydrogen (secondary N) is 2. The van der Waals surface area contributed by atoms with Crippen LogP contribution in [0.25, 0.3) is 0 Å². The van der Waals surface area contributed by atoms with E-state index in [0.29, 0.717) is 11.3 Å². The topological polar surface area (TPSA) is 84.5 Å². The van der Waals surface area contributed by atoms with Crippen LogP contribution in [0.4, 0.5) is 5.69 Å². The predicted octanol–water partition coefficient (Wildman–Crippen LogP) is 3.46. The van der Waals surface area contributed by atoms with Crippen LogP contribution in [0, 0.1) is 0 Å². The van der Waals surface area contributed by atoms with E-state index in [9.17, 15) is 14.4 Å². The van der Waals surface area contributed by atoms with E-state index in [4.69, 9.17) is 4.74 Å². The van der Waals surface area contributed by atoms with Crippen LogP contribution in [-0.4, -0.2) is 23.9 Å². The third kappa shape index (κ3) is 6.58. The number of rotatable bonds is 7. The van der Waals surface area contributed by atoms with Crippen molar-refractivity contribution in [3.63, 3.8) is 0 Å². The molecule has 6 heteroatoms. The van der Waals surface area contributed by atoms with Gasteiger partial charge in [0.15, 0.2) is 0 Å². The molecule has 142 valence electrons. The lowest BCUT2D eigenvalue weighted by Gasteiger charge is -2.19. The standard InChI is InChI=1S/C21H24N2O4/c1-14(2)27-20(25)13-19(16-8-5-4-6-9-16)23-21(26)17-10-7-11-18(12-17)22-15(3)24/h4-12,14,19H,13H2,1-3H3,(H,22,24)(H,23,26). The van der Waals surface area contributed by atoms with E-state index >= 15 is 0 Å². The number of esters is 1. The maximum absolute atomic E-state index is 12.7. The Hall–Kier alpha value is -3.15. The molecule has 0 saturated carbocycles. The fraction of sp³-hybridized carbons (Fsp3) is 0.286. The van der Waals surface area contributed by atoms with E-state index in [2.05, 4.69) is 10.6 Å². The second kappa shape index (κ2) is 9.52. The van der Waals surface area contributed by atoms with Crippen molar-refractivity contribution < 1.29 is 19.1 Å². The molecule has 2 amide bonds. The van der Waals surface area contributed by atoms with Gasteiger partial charge in [0.1, 0.15) is 0 Å². The van der Waals surface area contributed by atoms with Gasteiger partial charge in [0.05, 0.1) is 18.6 Å². The van der Waals surface area contributed by atoms with E-state index < -0.39 is 6.04 Å². The van der Waals surface area contributed by atoms with Gasteiger partial charge in [0, 0.05) is 18.2 Å². The summed E-state index contributed by atoms with van der Waals surface area (Å²) in [6, 6.07) is 15.4. The molecule has 27 heavy (non-hydrogen) atoms. The minimum absolute atomic E-state index is 0.0271. The molecule has 0 radical (unpaired) electrons. The van der Waals surface area contributed by atoms with Crippen LogP contribution >= 0.6 is 0 Å². The first-order valence-electron chi connectivity index (χ1n) is 8.78. The number of carbonyl (C=O) groups is 3. The summed E-state index contributed by atoms with van der Waals surface area (Å²) in [6.45, 7) is 4.96. The molecule has 1 unspecified atom stereocenters. The van der Waals surface area contributed by atoms with Crippen LogP contribution < -0.4 is 10.6 Å². The number of carbonyl (C=O) groups excluding carboxylic acids is 3. The van der Waals surface area contributed by atoms with Crippen LogP contribution in [0.5, 0.6) is 0 Å². The maximum Gasteiger partial charge on any atom is 0.308 e. The molecule has 2 aromatic rings. The van der Waals surface area contributed by atoms with Gasteiger partial charge in [-0.15, -0.1) is 0 Å². The molecule has 0 spiro atoms. The second-order valence-electron chi connectivity index (χ2n) is 6.44. The molecule has 1 atom stereocenters. The van der Waals surface area contributed by atoms with Crippen LogP contribution in [0.1, 0.15) is 49.2 Å². The molecule has 0 aliphatic carbocycles. The summed E-state index contributed by atoms with van der Waals surface area (Å²) in [4.78, 5) is 36.0. The molecule has 0 aromatic heterocycles. The molecule has 0 aliphatic heterocycles. The average Bonchev–Trinajstić information content (AvgIpc) is 2.61. The first-order valence-corrected chi connectivity index (χ1v) is 8.78. The van der Waals surface area contributed by atoms with Crippen molar-refractivity contribution in [2.45, 2.75) is 39.3 Å². The summed E-state index contributed by atoms with van der Waals surface area (Å²) >= 11 is 0. The zero-order valence-electron chi connectivity index (χ0n) is 15.7. The first-order chi connectivity index (χ1) is 12.8. The van der Waals surface area contributed by atoms with Gasteiger partial charge in [-0.25, -0.2) is 0 Å². The van der Waals surface area contributed by atoms with E-state index in [0.717, 1.165) is 5.56 Å². The molecule has 2 aromatic carbocycles. The Bertz CT molecular complexity index is 803. The highest BCUT2D eigenvalue weighted by atomic mass is 16.5. The summed E-state index contributed by atoms with van der Waals surface area (Å²) in [6.07, 6.45) is -0.196. The minimum Gasteiger partial charge on any atom is -0.463 e. The number of benzene rings is 2. The van der Waals surface area contributed by atoms with Crippen molar-refractivity contribution in [1.82, 2.24) is 5.32 Å². The second-order valence-corrected chi connectivity index (χ2v) is 6.44. The van der Waals surface area contributed by atoms with Crippen LogP contribution in [0.2, 0.25) is 0 Å². The highest BCUT2D eigenvalue weighted by Gasteiger charge is 2.20. The summed E-state index contributed by atoms with van der Waals surface area (Å²) < 4.78 is 5.21. The highest BCUT2D eigenvalue weighted by Crippen LogP contribution is 2.19. The lowest BCUT2D eigenvalue weighted by molar-refractivity contribution is -0.148. The van der Waals surface area contributed by atoms with Gasteiger partial charge >= 0.3 is 5.97 Å². The molecule has 2 N–H and O–H groups in total. The zero-order valence-corrected chi connectivity index (χ0v) is 15.7. The lowest BCUT2D eigenvalue weighted by atomic mass is 10.0. The number of anilines is 1. The first kappa shape index (κ1) is 20.2. The summed E-state index contributed by atoms with van der Waals surface area (Å²) in [5, 5.41) is 5.53. The van der Waals surface area contributed by atoms with Crippen molar-refractivity contribution in [3.05, 3.63) is 65.7 Å². The molecule has 0 saturated heterocycles. The van der Waals surface area contributed by atoms with Gasteiger partial charge in [-0.1, -0.05) is 36.4 Å². The summed E-state index contributed by atoms with van der Waals surface area (Å²) in [7, 11) is 0. The maximum atomic E-state index is 12.7. The van der Waals surface area contributed by atoms with Gasteiger partial charge in [0.25, 0.3) is 5.91 Å². The smallest absolute Gasteiger partial charge is 0.308 e. The number of ether oxygens (including phenoxy) is 1. The zero-order chi connectivity index (χ0) is 19.8. The Kier molecular flexibility index (Phi) is 7.11. The van der Waals surface area contributed by atoms with Crippen molar-refractivity contribution in [2.75, 3.05) is 5.32 Å². The minimum atomic E-state index is -0.519. The van der Waals surface area contributed by atoms with E-state index in [1.807, 2.05) is 30.3 Å². The third-order valence-electron chi connectivity index (χ3n) is 3.69. The van der Waals surface area contributed by atoms with Crippen molar-refractivity contribution in [1.29, 1.82) is 0 Å². The highest BCUT2D eigenvalue weighted by molar-refractivity contribution is 5.97. The number of hydrogen-bond acceptors (Lipinski definition) is 4. The monoisotopic (exact) mass is 368 g/mol. The molecule has 2 rings (SSSR count). The molecular formula is C21H24N2O4. The summed E-state index contributed by atoms with van der Waals surface area (Å²) in [5.74, 6) is -0.939. The number of amides is 2. The molecule has 0 bridgehead atoms. The summed E-state index contributed by atoms with van der Waals surface area (Å²) in [5.41, 5.74) is 1.73. The van der Waals surface area contributed by atoms with Gasteiger partial charge in [-0.3, -0.25) is 14.4 Å². The van der Waals surface area contributed by atoms with Crippen LogP contribution in [-0.2, 0) is 14.3 Å². The Morgan fingerprint density at radius 1 is 1.00 bits per heavy atom. The van der Waals surface area contributed by atoms with Crippen LogP contribution in [0.15, 0.2) is 54.6 Å². The van der Waals surface area contributed by atoms with E-state index in [1.165, 1.54) is 6.92 Å². The fourth-order valence-corrected chi connectivity index (χ4v) is 2.60. The van der Waals surface area contributed by atoms with Crippen molar-refractivity contribution in [2.24, 2.45) is 0 Å². The molecular weight excluding hydrogens is 344 g/mol. The third-order valence-corrected chi connectivity index (χ3v) is 3.69. The largest absolute Gasteiger partial charge is 0.463 e. The normalized spacial score (nSPS) is 11.6. The Balaban J connectivity index is 2.18. The molecule has 0 fully saturated rings. The SMILES string of the molecule is CC(=O)Nc1cccc(C(=O)NC(CC(=O)OC(C)C)c2ccccc2)c1.